The molecule has 0 atom stereocenters. The van der Waals surface area contributed by atoms with Crippen molar-refractivity contribution in [2.75, 3.05) is 27.4 Å². The summed E-state index contributed by atoms with van der Waals surface area (Å²) in [7, 11) is 3.28. The lowest BCUT2D eigenvalue weighted by Crippen LogP contribution is -2.37. The van der Waals surface area contributed by atoms with Crippen molar-refractivity contribution in [3.63, 3.8) is 0 Å². The van der Waals surface area contributed by atoms with Gasteiger partial charge in [0, 0.05) is 17.1 Å². The van der Waals surface area contributed by atoms with Gasteiger partial charge in [0.15, 0.2) is 0 Å². The highest BCUT2D eigenvalue weighted by atomic mass is 16.5. The third-order valence-corrected chi connectivity index (χ3v) is 5.30. The van der Waals surface area contributed by atoms with Crippen LogP contribution in [-0.2, 0) is 10.2 Å². The van der Waals surface area contributed by atoms with E-state index in [0.717, 1.165) is 46.6 Å². The van der Waals surface area contributed by atoms with E-state index in [1.165, 1.54) is 0 Å². The average Bonchev–Trinajstić information content (AvgIpc) is 3.44. The smallest absolute Gasteiger partial charge is 0.230 e. The van der Waals surface area contributed by atoms with Crippen molar-refractivity contribution >= 4 is 16.8 Å². The standard InChI is InChI=1S/C22H24N2O4/c1-26-15-3-5-16(6-4-15)28-12-11-23-21(25)22(9-10-22)19-14-24-20-8-7-17(27-2)13-18(19)20/h3-8,13-14,24H,9-12H2,1-2H3,(H,23,25). The van der Waals surface area contributed by atoms with Crippen molar-refractivity contribution in [2.24, 2.45) is 0 Å². The van der Waals surface area contributed by atoms with Crippen molar-refractivity contribution in [3.05, 3.63) is 54.2 Å². The molecule has 3 aromatic rings. The number of hydrogen-bond donors (Lipinski definition) is 2. The number of ether oxygens (including phenoxy) is 3. The van der Waals surface area contributed by atoms with Crippen LogP contribution in [0, 0.1) is 0 Å². The Morgan fingerprint density at radius 2 is 1.71 bits per heavy atom. The Kier molecular flexibility index (Phi) is 4.86. The Morgan fingerprint density at radius 3 is 2.39 bits per heavy atom. The summed E-state index contributed by atoms with van der Waals surface area (Å²) in [6.07, 6.45) is 3.65. The van der Waals surface area contributed by atoms with Crippen LogP contribution in [0.5, 0.6) is 17.2 Å². The van der Waals surface area contributed by atoms with Gasteiger partial charge >= 0.3 is 0 Å². The van der Waals surface area contributed by atoms with Gasteiger partial charge in [-0.3, -0.25) is 4.79 Å². The van der Waals surface area contributed by atoms with E-state index in [2.05, 4.69) is 10.3 Å². The van der Waals surface area contributed by atoms with E-state index in [0.29, 0.717) is 13.2 Å². The van der Waals surface area contributed by atoms with Gasteiger partial charge in [0.1, 0.15) is 23.9 Å². The first-order valence-electron chi connectivity index (χ1n) is 9.37. The fourth-order valence-corrected chi connectivity index (χ4v) is 3.54. The van der Waals surface area contributed by atoms with Crippen LogP contribution in [0.3, 0.4) is 0 Å². The molecule has 28 heavy (non-hydrogen) atoms. The second-order valence-corrected chi connectivity index (χ2v) is 6.98. The largest absolute Gasteiger partial charge is 0.497 e. The van der Waals surface area contributed by atoms with Crippen molar-refractivity contribution < 1.29 is 19.0 Å². The topological polar surface area (TPSA) is 72.6 Å². The molecule has 0 saturated heterocycles. The lowest BCUT2D eigenvalue weighted by atomic mass is 9.94. The molecule has 1 aromatic heterocycles. The van der Waals surface area contributed by atoms with Gasteiger partial charge in [-0.05, 0) is 60.9 Å². The molecule has 4 rings (SSSR count). The predicted octanol–water partition coefficient (Wildman–Crippen LogP) is 3.41. The second-order valence-electron chi connectivity index (χ2n) is 6.98. The molecular formula is C22H24N2O4. The summed E-state index contributed by atoms with van der Waals surface area (Å²) in [6, 6.07) is 13.3. The monoisotopic (exact) mass is 380 g/mol. The first kappa shape index (κ1) is 18.2. The van der Waals surface area contributed by atoms with Gasteiger partial charge < -0.3 is 24.5 Å². The first-order chi connectivity index (χ1) is 13.7. The van der Waals surface area contributed by atoms with E-state index in [9.17, 15) is 4.79 Å². The van der Waals surface area contributed by atoms with Crippen LogP contribution in [0.15, 0.2) is 48.7 Å². The highest BCUT2D eigenvalue weighted by Crippen LogP contribution is 2.51. The van der Waals surface area contributed by atoms with Gasteiger partial charge in [0.25, 0.3) is 0 Å². The number of aromatic nitrogens is 1. The zero-order chi connectivity index (χ0) is 19.6. The number of methoxy groups -OCH3 is 2. The van der Waals surface area contributed by atoms with Gasteiger partial charge in [-0.25, -0.2) is 0 Å². The summed E-state index contributed by atoms with van der Waals surface area (Å²) >= 11 is 0. The zero-order valence-electron chi connectivity index (χ0n) is 16.1. The molecule has 0 bridgehead atoms. The van der Waals surface area contributed by atoms with Crippen molar-refractivity contribution in [1.29, 1.82) is 0 Å². The van der Waals surface area contributed by atoms with E-state index in [1.807, 2.05) is 48.7 Å². The minimum absolute atomic E-state index is 0.0505. The number of fused-ring (bicyclic) bond motifs is 1. The molecule has 146 valence electrons. The maximum Gasteiger partial charge on any atom is 0.230 e. The minimum Gasteiger partial charge on any atom is -0.497 e. The predicted molar refractivity (Wildman–Crippen MR) is 107 cm³/mol. The first-order valence-corrected chi connectivity index (χ1v) is 9.37. The number of nitrogens with one attached hydrogen (secondary N) is 2. The van der Waals surface area contributed by atoms with Gasteiger partial charge in [-0.1, -0.05) is 0 Å². The Bertz CT molecular complexity index is 974. The average molecular weight is 380 g/mol. The molecule has 0 radical (unpaired) electrons. The molecule has 2 N–H and O–H groups in total. The van der Waals surface area contributed by atoms with Crippen molar-refractivity contribution in [2.45, 2.75) is 18.3 Å². The third-order valence-electron chi connectivity index (χ3n) is 5.30. The van der Waals surface area contributed by atoms with E-state index < -0.39 is 5.41 Å². The summed E-state index contributed by atoms with van der Waals surface area (Å²) in [6.45, 7) is 0.869. The minimum atomic E-state index is -0.454. The number of amides is 1. The SMILES string of the molecule is COc1ccc(OCCNC(=O)C2(c3c[nH]c4ccc(OC)cc34)CC2)cc1. The summed E-state index contributed by atoms with van der Waals surface area (Å²) in [5, 5.41) is 4.07. The van der Waals surface area contributed by atoms with Gasteiger partial charge in [-0.15, -0.1) is 0 Å². The third kappa shape index (κ3) is 3.38. The normalized spacial score (nSPS) is 14.5. The Hall–Kier alpha value is -3.15. The maximum absolute atomic E-state index is 12.9. The molecule has 1 fully saturated rings. The van der Waals surface area contributed by atoms with Crippen LogP contribution >= 0.6 is 0 Å². The van der Waals surface area contributed by atoms with Gasteiger partial charge in [0.2, 0.25) is 5.91 Å². The van der Waals surface area contributed by atoms with E-state index >= 15 is 0 Å². The Balaban J connectivity index is 1.38. The number of carbonyl (C=O) groups is 1. The molecule has 0 aliphatic heterocycles. The maximum atomic E-state index is 12.9. The molecule has 6 heteroatoms. The van der Waals surface area contributed by atoms with E-state index in [1.54, 1.807) is 14.2 Å². The number of aromatic amines is 1. The van der Waals surface area contributed by atoms with E-state index in [-0.39, 0.29) is 5.91 Å². The molecule has 1 saturated carbocycles. The van der Waals surface area contributed by atoms with Crippen LogP contribution in [0.4, 0.5) is 0 Å². The van der Waals surface area contributed by atoms with Crippen molar-refractivity contribution in [3.8, 4) is 17.2 Å². The molecule has 6 nitrogen and oxygen atoms in total. The molecule has 1 amide bonds. The molecule has 0 spiro atoms. The number of H-pyrrole nitrogens is 1. The number of rotatable bonds is 8. The lowest BCUT2D eigenvalue weighted by Gasteiger charge is -2.15. The van der Waals surface area contributed by atoms with E-state index in [4.69, 9.17) is 14.2 Å². The van der Waals surface area contributed by atoms with Crippen LogP contribution in [0.1, 0.15) is 18.4 Å². The summed E-state index contributed by atoms with van der Waals surface area (Å²) in [5.74, 6) is 2.37. The van der Waals surface area contributed by atoms with Crippen LogP contribution in [0.2, 0.25) is 0 Å². The second kappa shape index (κ2) is 7.46. The summed E-state index contributed by atoms with van der Waals surface area (Å²) < 4.78 is 16.2. The lowest BCUT2D eigenvalue weighted by molar-refractivity contribution is -0.123. The fraction of sp³-hybridized carbons (Fsp3) is 0.318. The van der Waals surface area contributed by atoms with Gasteiger partial charge in [-0.2, -0.15) is 0 Å². The Labute approximate surface area is 163 Å². The van der Waals surface area contributed by atoms with Crippen molar-refractivity contribution in [1.82, 2.24) is 10.3 Å². The highest BCUT2D eigenvalue weighted by Gasteiger charge is 2.52. The zero-order valence-corrected chi connectivity index (χ0v) is 16.1. The molecular weight excluding hydrogens is 356 g/mol. The molecule has 1 heterocycles. The van der Waals surface area contributed by atoms with Crippen LogP contribution < -0.4 is 19.5 Å². The Morgan fingerprint density at radius 1 is 1.04 bits per heavy atom. The van der Waals surface area contributed by atoms with Gasteiger partial charge in [0.05, 0.1) is 26.2 Å². The number of carbonyl (C=O) groups excluding carboxylic acids is 1. The van der Waals surface area contributed by atoms with Crippen LogP contribution in [-0.4, -0.2) is 38.3 Å². The van der Waals surface area contributed by atoms with Crippen LogP contribution in [0.25, 0.3) is 10.9 Å². The number of hydrogen-bond acceptors (Lipinski definition) is 4. The quantitative estimate of drug-likeness (QED) is 0.588. The molecule has 2 aromatic carbocycles. The fourth-order valence-electron chi connectivity index (χ4n) is 3.54. The summed E-state index contributed by atoms with van der Waals surface area (Å²) in [5.41, 5.74) is 1.60. The summed E-state index contributed by atoms with van der Waals surface area (Å²) in [4.78, 5) is 16.2. The molecule has 1 aliphatic rings. The highest BCUT2D eigenvalue weighted by molar-refractivity contribution is 5.98. The molecule has 0 unspecified atom stereocenters. The molecule has 1 aliphatic carbocycles. The number of benzene rings is 2.